The third-order valence-corrected chi connectivity index (χ3v) is 5.77. The van der Waals surface area contributed by atoms with Gasteiger partial charge in [-0.3, -0.25) is 9.59 Å². The molecule has 2 fully saturated rings. The Hall–Kier alpha value is -2.30. The highest BCUT2D eigenvalue weighted by Crippen LogP contribution is 2.25. The summed E-state index contributed by atoms with van der Waals surface area (Å²) in [7, 11) is 0. The van der Waals surface area contributed by atoms with Crippen molar-refractivity contribution in [1.82, 2.24) is 9.80 Å². The summed E-state index contributed by atoms with van der Waals surface area (Å²) in [4.78, 5) is 28.8. The smallest absolute Gasteiger partial charge is 0.227 e. The van der Waals surface area contributed by atoms with E-state index in [1.54, 1.807) is 6.26 Å². The van der Waals surface area contributed by atoms with Crippen LogP contribution in [0.2, 0.25) is 0 Å². The Kier molecular flexibility index (Phi) is 4.70. The lowest BCUT2D eigenvalue weighted by molar-refractivity contribution is -0.137. The van der Waals surface area contributed by atoms with Crippen molar-refractivity contribution in [2.24, 2.45) is 0 Å². The summed E-state index contributed by atoms with van der Waals surface area (Å²) in [6.45, 7) is 4.42. The molecule has 0 aliphatic carbocycles. The normalized spacial score (nSPS) is 21.0. The number of piperidine rings is 1. The number of carbonyl (C=O) groups is 2. The van der Waals surface area contributed by atoms with Gasteiger partial charge in [0.05, 0.1) is 12.7 Å². The molecule has 0 saturated carbocycles. The topological polar surface area (TPSA) is 53.8 Å². The number of hydrogen-bond donors (Lipinski definition) is 0. The minimum absolute atomic E-state index is 0.131. The third kappa shape index (κ3) is 3.22. The zero-order chi connectivity index (χ0) is 18.1. The van der Waals surface area contributed by atoms with E-state index in [9.17, 15) is 9.59 Å². The van der Waals surface area contributed by atoms with Gasteiger partial charge in [0, 0.05) is 43.0 Å². The van der Waals surface area contributed by atoms with E-state index < -0.39 is 0 Å². The number of fused-ring (bicyclic) bond motifs is 1. The van der Waals surface area contributed by atoms with Gasteiger partial charge in [0.25, 0.3) is 0 Å². The first-order valence-corrected chi connectivity index (χ1v) is 9.72. The molecule has 138 valence electrons. The summed E-state index contributed by atoms with van der Waals surface area (Å²) in [6, 6.07) is 6.37. The fourth-order valence-electron chi connectivity index (χ4n) is 4.25. The van der Waals surface area contributed by atoms with E-state index in [0.29, 0.717) is 19.4 Å². The lowest BCUT2D eigenvalue weighted by Gasteiger charge is -2.37. The molecule has 26 heavy (non-hydrogen) atoms. The molecule has 2 saturated heterocycles. The molecular weight excluding hydrogens is 328 g/mol. The van der Waals surface area contributed by atoms with Crippen molar-refractivity contribution >= 4 is 22.8 Å². The van der Waals surface area contributed by atoms with Crippen molar-refractivity contribution in [3.05, 3.63) is 35.6 Å². The lowest BCUT2D eigenvalue weighted by Crippen LogP contribution is -2.50. The van der Waals surface area contributed by atoms with Gasteiger partial charge in [0.2, 0.25) is 11.8 Å². The number of hydrogen-bond acceptors (Lipinski definition) is 3. The Balaban J connectivity index is 1.47. The van der Waals surface area contributed by atoms with Gasteiger partial charge in [-0.15, -0.1) is 0 Å². The molecule has 5 nitrogen and oxygen atoms in total. The van der Waals surface area contributed by atoms with E-state index in [4.69, 9.17) is 4.42 Å². The van der Waals surface area contributed by atoms with Crippen LogP contribution in [0.4, 0.5) is 0 Å². The van der Waals surface area contributed by atoms with E-state index in [1.807, 2.05) is 15.9 Å². The van der Waals surface area contributed by atoms with Crippen LogP contribution >= 0.6 is 0 Å². The molecule has 1 aromatic carbocycles. The molecule has 0 radical (unpaired) electrons. The van der Waals surface area contributed by atoms with Gasteiger partial charge in [-0.2, -0.15) is 0 Å². The van der Waals surface area contributed by atoms with Gasteiger partial charge < -0.3 is 14.2 Å². The van der Waals surface area contributed by atoms with Crippen LogP contribution in [0.1, 0.15) is 43.7 Å². The average Bonchev–Trinajstić information content (AvgIpc) is 3.27. The van der Waals surface area contributed by atoms with Crippen LogP contribution in [0, 0.1) is 0 Å². The minimum Gasteiger partial charge on any atom is -0.464 e. The first-order chi connectivity index (χ1) is 12.7. The van der Waals surface area contributed by atoms with E-state index in [0.717, 1.165) is 55.3 Å². The second-order valence-corrected chi connectivity index (χ2v) is 7.45. The molecule has 1 atom stereocenters. The fourth-order valence-corrected chi connectivity index (χ4v) is 4.25. The molecule has 2 aliphatic rings. The molecule has 0 N–H and O–H groups in total. The fraction of sp³-hybridized carbons (Fsp3) is 0.524. The Morgan fingerprint density at radius 1 is 1.27 bits per heavy atom. The quantitative estimate of drug-likeness (QED) is 0.847. The lowest BCUT2D eigenvalue weighted by atomic mass is 10.0. The predicted octanol–water partition coefficient (Wildman–Crippen LogP) is 3.15. The van der Waals surface area contributed by atoms with Gasteiger partial charge in [-0.1, -0.05) is 13.0 Å². The molecule has 0 spiro atoms. The van der Waals surface area contributed by atoms with Crippen molar-refractivity contribution in [2.45, 2.75) is 51.5 Å². The number of rotatable bonds is 4. The summed E-state index contributed by atoms with van der Waals surface area (Å²) in [6.07, 6.45) is 6.62. The highest BCUT2D eigenvalue weighted by molar-refractivity contribution is 5.88. The SMILES string of the molecule is CCc1ccc2occ(CC(=O)N3CCC[C@H](N4CCCC4=O)C3)c2c1. The van der Waals surface area contributed by atoms with Crippen LogP contribution in [-0.4, -0.2) is 47.3 Å². The zero-order valence-electron chi connectivity index (χ0n) is 15.4. The molecule has 5 heteroatoms. The molecular formula is C21H26N2O3. The monoisotopic (exact) mass is 354 g/mol. The number of likely N-dealkylation sites (tertiary alicyclic amines) is 2. The van der Waals surface area contributed by atoms with Crippen LogP contribution in [0.3, 0.4) is 0 Å². The van der Waals surface area contributed by atoms with Crippen LogP contribution in [0.15, 0.2) is 28.9 Å². The highest BCUT2D eigenvalue weighted by Gasteiger charge is 2.32. The maximum Gasteiger partial charge on any atom is 0.227 e. The van der Waals surface area contributed by atoms with Gasteiger partial charge in [0.1, 0.15) is 5.58 Å². The van der Waals surface area contributed by atoms with Crippen LogP contribution in [0.5, 0.6) is 0 Å². The summed E-state index contributed by atoms with van der Waals surface area (Å²) < 4.78 is 5.63. The van der Waals surface area contributed by atoms with Crippen molar-refractivity contribution < 1.29 is 14.0 Å². The molecule has 0 unspecified atom stereocenters. The number of carbonyl (C=O) groups excluding carboxylic acids is 2. The molecule has 4 rings (SSSR count). The summed E-state index contributed by atoms with van der Waals surface area (Å²) >= 11 is 0. The molecule has 2 amide bonds. The van der Waals surface area contributed by atoms with Crippen molar-refractivity contribution in [3.8, 4) is 0 Å². The molecule has 0 bridgehead atoms. The number of furan rings is 1. The van der Waals surface area contributed by atoms with Crippen molar-refractivity contribution in [2.75, 3.05) is 19.6 Å². The molecule has 2 aliphatic heterocycles. The molecule has 3 heterocycles. The Morgan fingerprint density at radius 2 is 2.15 bits per heavy atom. The molecule has 2 aromatic rings. The van der Waals surface area contributed by atoms with E-state index >= 15 is 0 Å². The van der Waals surface area contributed by atoms with Gasteiger partial charge in [-0.05, 0) is 43.4 Å². The first kappa shape index (κ1) is 17.1. The highest BCUT2D eigenvalue weighted by atomic mass is 16.3. The number of aryl methyl sites for hydroxylation is 1. The van der Waals surface area contributed by atoms with Crippen LogP contribution < -0.4 is 0 Å². The third-order valence-electron chi connectivity index (χ3n) is 5.77. The second-order valence-electron chi connectivity index (χ2n) is 7.45. The predicted molar refractivity (Wildman–Crippen MR) is 99.8 cm³/mol. The van der Waals surface area contributed by atoms with Gasteiger partial charge >= 0.3 is 0 Å². The first-order valence-electron chi connectivity index (χ1n) is 9.72. The zero-order valence-corrected chi connectivity index (χ0v) is 15.4. The maximum atomic E-state index is 12.9. The summed E-state index contributed by atoms with van der Waals surface area (Å²) in [5.41, 5.74) is 3.04. The Bertz CT molecular complexity index is 826. The van der Waals surface area contributed by atoms with E-state index in [-0.39, 0.29) is 17.9 Å². The largest absolute Gasteiger partial charge is 0.464 e. The van der Waals surface area contributed by atoms with Crippen molar-refractivity contribution in [3.63, 3.8) is 0 Å². The number of benzene rings is 1. The Morgan fingerprint density at radius 3 is 2.92 bits per heavy atom. The van der Waals surface area contributed by atoms with E-state index in [1.165, 1.54) is 5.56 Å². The maximum absolute atomic E-state index is 12.9. The van der Waals surface area contributed by atoms with Gasteiger partial charge in [-0.25, -0.2) is 0 Å². The van der Waals surface area contributed by atoms with Gasteiger partial charge in [0.15, 0.2) is 0 Å². The second kappa shape index (κ2) is 7.14. The minimum atomic E-state index is 0.131. The number of nitrogens with zero attached hydrogens (tertiary/aromatic N) is 2. The Labute approximate surface area is 153 Å². The average molecular weight is 354 g/mol. The van der Waals surface area contributed by atoms with Crippen molar-refractivity contribution in [1.29, 1.82) is 0 Å². The summed E-state index contributed by atoms with van der Waals surface area (Å²) in [5, 5.41) is 1.04. The molecule has 1 aromatic heterocycles. The van der Waals surface area contributed by atoms with Crippen LogP contribution in [-0.2, 0) is 22.4 Å². The van der Waals surface area contributed by atoms with E-state index in [2.05, 4.69) is 19.1 Å². The summed E-state index contributed by atoms with van der Waals surface area (Å²) in [5.74, 6) is 0.378. The number of amides is 2. The van der Waals surface area contributed by atoms with Crippen LogP contribution in [0.25, 0.3) is 11.0 Å². The standard InChI is InChI=1S/C21H26N2O3/c1-2-15-7-8-19-18(11-15)16(14-26-19)12-21(25)22-9-3-5-17(13-22)23-10-4-6-20(23)24/h7-8,11,14,17H,2-6,9-10,12-13H2,1H3/t17-/m0/s1.